The third kappa shape index (κ3) is 2.83. The summed E-state index contributed by atoms with van der Waals surface area (Å²) in [6, 6.07) is 5.16. The first-order valence-electron chi connectivity index (χ1n) is 4.47. The van der Waals surface area contributed by atoms with Crippen LogP contribution >= 0.6 is 0 Å². The van der Waals surface area contributed by atoms with E-state index in [1.807, 2.05) is 17.7 Å². The molecule has 1 aromatic carbocycles. The maximum absolute atomic E-state index is 8.91. The number of aromatic nitrogens is 2. The molecule has 0 amide bonds. The molecule has 4 N–H and O–H groups in total. The van der Waals surface area contributed by atoms with E-state index in [0.29, 0.717) is 5.46 Å². The maximum atomic E-state index is 8.91. The first-order chi connectivity index (χ1) is 7.60. The second-order valence-corrected chi connectivity index (χ2v) is 3.09. The maximum Gasteiger partial charge on any atom is 0.488 e. The van der Waals surface area contributed by atoms with Gasteiger partial charge in [0, 0.05) is 7.05 Å². The van der Waals surface area contributed by atoms with Gasteiger partial charge in [0.1, 0.15) is 0 Å². The van der Waals surface area contributed by atoms with Crippen molar-refractivity contribution in [2.24, 2.45) is 7.05 Å². The highest BCUT2D eigenvalue weighted by molar-refractivity contribution is 6.58. The van der Waals surface area contributed by atoms with E-state index in [1.54, 1.807) is 18.5 Å². The third-order valence-electron chi connectivity index (χ3n) is 2.05. The number of nitrogens with zero attached hydrogens (tertiary/aromatic N) is 2. The molecule has 2 rings (SSSR count). The summed E-state index contributed by atoms with van der Waals surface area (Å²) in [6.07, 6.45) is 1.69. The van der Waals surface area contributed by atoms with Crippen LogP contribution in [0.15, 0.2) is 24.5 Å². The lowest BCUT2D eigenvalue weighted by Gasteiger charge is -1.98. The van der Waals surface area contributed by atoms with Gasteiger partial charge in [0.2, 0.25) is 0 Å². The van der Waals surface area contributed by atoms with Crippen LogP contribution in [0.2, 0.25) is 0 Å². The van der Waals surface area contributed by atoms with Crippen LogP contribution in [0.5, 0.6) is 0 Å². The second kappa shape index (κ2) is 5.66. The van der Waals surface area contributed by atoms with Crippen molar-refractivity contribution in [3.8, 4) is 0 Å². The van der Waals surface area contributed by atoms with Crippen LogP contribution in [0.4, 0.5) is 0 Å². The molecule has 0 bridgehead atoms. The van der Waals surface area contributed by atoms with Gasteiger partial charge >= 0.3 is 14.8 Å². The van der Waals surface area contributed by atoms with Crippen molar-refractivity contribution in [2.75, 3.05) is 0 Å². The predicted octanol–water partition coefficient (Wildman–Crippen LogP) is -2.24. The molecular formula is C8H11B2N2O4. The molecule has 0 unspecified atom stereocenters. The van der Waals surface area contributed by atoms with Gasteiger partial charge in [0.15, 0.2) is 0 Å². The lowest BCUT2D eigenvalue weighted by atomic mass is 9.80. The van der Waals surface area contributed by atoms with Crippen molar-refractivity contribution in [1.29, 1.82) is 0 Å². The van der Waals surface area contributed by atoms with Gasteiger partial charge < -0.3 is 24.7 Å². The Labute approximate surface area is 93.2 Å². The van der Waals surface area contributed by atoms with Crippen LogP contribution in [0, 0.1) is 0 Å². The number of hydrogen-bond acceptors (Lipinski definition) is 5. The molecule has 83 valence electrons. The molecule has 1 heterocycles. The van der Waals surface area contributed by atoms with Crippen molar-refractivity contribution in [3.63, 3.8) is 0 Å². The van der Waals surface area contributed by atoms with Crippen LogP contribution in [-0.2, 0) is 7.05 Å². The second-order valence-electron chi connectivity index (χ2n) is 3.09. The largest absolute Gasteiger partial charge is 0.488 e. The van der Waals surface area contributed by atoms with Gasteiger partial charge in [-0.25, -0.2) is 4.98 Å². The van der Waals surface area contributed by atoms with Crippen LogP contribution in [0.1, 0.15) is 0 Å². The van der Waals surface area contributed by atoms with E-state index in [2.05, 4.69) is 4.98 Å². The zero-order valence-corrected chi connectivity index (χ0v) is 8.65. The van der Waals surface area contributed by atoms with Gasteiger partial charge in [0.05, 0.1) is 17.4 Å². The fraction of sp³-hybridized carbons (Fsp3) is 0.125. The summed E-state index contributed by atoms with van der Waals surface area (Å²) in [5.74, 6) is 0. The molecule has 0 aliphatic heterocycles. The van der Waals surface area contributed by atoms with Crippen LogP contribution < -0.4 is 5.46 Å². The van der Waals surface area contributed by atoms with E-state index in [9.17, 15) is 0 Å². The van der Waals surface area contributed by atoms with Crippen LogP contribution in [0.25, 0.3) is 11.0 Å². The van der Waals surface area contributed by atoms with Crippen molar-refractivity contribution >= 4 is 31.3 Å². The Morgan fingerprint density at radius 1 is 1.31 bits per heavy atom. The zero-order chi connectivity index (χ0) is 12.1. The molecule has 6 nitrogen and oxygen atoms in total. The minimum atomic E-state index is -1.42. The number of benzene rings is 1. The summed E-state index contributed by atoms with van der Waals surface area (Å²) in [6.45, 7) is 0. The lowest BCUT2D eigenvalue weighted by molar-refractivity contribution is 0.426. The van der Waals surface area contributed by atoms with Crippen LogP contribution in [-0.4, -0.2) is 44.5 Å². The average Bonchev–Trinajstić information content (AvgIpc) is 2.61. The Morgan fingerprint density at radius 2 is 1.94 bits per heavy atom. The Hall–Kier alpha value is -1.34. The van der Waals surface area contributed by atoms with Gasteiger partial charge in [-0.2, -0.15) is 0 Å². The van der Waals surface area contributed by atoms with Gasteiger partial charge in [-0.15, -0.1) is 0 Å². The van der Waals surface area contributed by atoms with Crippen molar-refractivity contribution in [1.82, 2.24) is 9.55 Å². The Kier molecular flexibility index (Phi) is 4.51. The summed E-state index contributed by atoms with van der Waals surface area (Å²) < 4.78 is 1.88. The number of fused-ring (bicyclic) bond motifs is 1. The normalized spacial score (nSPS) is 9.56. The molecule has 1 aromatic heterocycles. The smallest absolute Gasteiger partial charge is 0.429 e. The molecule has 0 saturated carbocycles. The molecule has 0 fully saturated rings. The molecule has 1 radical (unpaired) electrons. The fourth-order valence-corrected chi connectivity index (χ4v) is 1.31. The number of imidazole rings is 1. The first kappa shape index (κ1) is 12.7. The first-order valence-corrected chi connectivity index (χ1v) is 4.47. The highest BCUT2D eigenvalue weighted by Crippen LogP contribution is 2.08. The third-order valence-corrected chi connectivity index (χ3v) is 2.05. The number of aryl methyl sites for hydroxylation is 1. The monoisotopic (exact) mass is 221 g/mol. The van der Waals surface area contributed by atoms with E-state index in [-0.39, 0.29) is 7.69 Å². The molecule has 8 heteroatoms. The molecule has 16 heavy (non-hydrogen) atoms. The van der Waals surface area contributed by atoms with Crippen molar-refractivity contribution in [3.05, 3.63) is 24.5 Å². The summed E-state index contributed by atoms with van der Waals surface area (Å²) >= 11 is 0. The highest BCUT2D eigenvalue weighted by Gasteiger charge is 2.11. The summed E-state index contributed by atoms with van der Waals surface area (Å²) in [4.78, 5) is 4.10. The topological polar surface area (TPSA) is 98.7 Å². The van der Waals surface area contributed by atoms with Gasteiger partial charge in [-0.05, 0) is 17.6 Å². The number of rotatable bonds is 1. The quantitative estimate of drug-likeness (QED) is 0.408. The van der Waals surface area contributed by atoms with Crippen LogP contribution in [0.3, 0.4) is 0 Å². The lowest BCUT2D eigenvalue weighted by Crippen LogP contribution is -2.29. The fourth-order valence-electron chi connectivity index (χ4n) is 1.31. The van der Waals surface area contributed by atoms with Gasteiger partial charge in [-0.3, -0.25) is 0 Å². The summed E-state index contributed by atoms with van der Waals surface area (Å²) in [7, 11) is 0.469. The molecule has 0 atom stereocenters. The van der Waals surface area contributed by atoms with E-state index in [4.69, 9.17) is 20.1 Å². The average molecular weight is 221 g/mol. The Bertz CT molecular complexity index is 460. The Morgan fingerprint density at radius 3 is 2.50 bits per heavy atom. The molecular weight excluding hydrogens is 210 g/mol. The van der Waals surface area contributed by atoms with E-state index in [1.165, 1.54) is 0 Å². The molecule has 0 saturated heterocycles. The highest BCUT2D eigenvalue weighted by atomic mass is 16.4. The predicted molar refractivity (Wildman–Crippen MR) is 60.7 cm³/mol. The molecule has 0 spiro atoms. The minimum absolute atomic E-state index is 0. The standard InChI is InChI=1S/C8H9BN2O2.BH2O2/c1-11-5-10-7-4-6(9(12)13)2-3-8(7)11;2-1-3/h2-5,12-13H,1H3;2-3H. The summed E-state index contributed by atoms with van der Waals surface area (Å²) in [5, 5.41) is 31.8. The van der Waals surface area contributed by atoms with Gasteiger partial charge in [-0.1, -0.05) is 6.07 Å². The molecule has 0 aliphatic rings. The number of hydrogen-bond donors (Lipinski definition) is 4. The summed E-state index contributed by atoms with van der Waals surface area (Å²) in [5.41, 5.74) is 2.21. The van der Waals surface area contributed by atoms with E-state index < -0.39 is 7.12 Å². The zero-order valence-electron chi connectivity index (χ0n) is 8.65. The van der Waals surface area contributed by atoms with E-state index >= 15 is 0 Å². The van der Waals surface area contributed by atoms with Crippen molar-refractivity contribution in [2.45, 2.75) is 0 Å². The molecule has 0 aliphatic carbocycles. The van der Waals surface area contributed by atoms with E-state index in [0.717, 1.165) is 11.0 Å². The van der Waals surface area contributed by atoms with Gasteiger partial charge in [0.25, 0.3) is 0 Å². The SMILES string of the molecule is Cn1cnc2cc(B(O)O)ccc21.O[B]O. The van der Waals surface area contributed by atoms with Crippen molar-refractivity contribution < 1.29 is 20.1 Å². The Balaban J connectivity index is 0.000000386. The minimum Gasteiger partial charge on any atom is -0.429 e. The molecule has 2 aromatic rings.